The second kappa shape index (κ2) is 10.4. The molecule has 1 heterocycles. The number of carbonyl (C=O) groups is 3. The molecule has 160 valence electrons. The molecule has 1 aliphatic heterocycles. The Balaban J connectivity index is 1.97. The van der Waals surface area contributed by atoms with E-state index in [0.717, 1.165) is 24.8 Å². The Morgan fingerprint density at radius 3 is 2.21 bits per heavy atom. The number of amides is 2. The molecule has 29 heavy (non-hydrogen) atoms. The summed E-state index contributed by atoms with van der Waals surface area (Å²) in [5, 5.41) is 2.77. The van der Waals surface area contributed by atoms with Gasteiger partial charge in [0, 0.05) is 12.1 Å². The molecule has 6 heteroatoms. The molecule has 1 N–H and O–H groups in total. The lowest BCUT2D eigenvalue weighted by Crippen LogP contribution is -2.53. The number of carbonyl (C=O) groups excluding carboxylic acids is 3. The zero-order valence-corrected chi connectivity index (χ0v) is 18.2. The molecule has 0 aromatic heterocycles. The number of rotatable bonds is 7. The first-order valence-electron chi connectivity index (χ1n) is 10.6. The van der Waals surface area contributed by atoms with Crippen LogP contribution in [-0.4, -0.2) is 46.9 Å². The number of benzene rings is 1. The van der Waals surface area contributed by atoms with E-state index in [9.17, 15) is 14.4 Å². The molecule has 0 radical (unpaired) electrons. The molecule has 1 saturated heterocycles. The lowest BCUT2D eigenvalue weighted by molar-refractivity contribution is -0.165. The lowest BCUT2D eigenvalue weighted by Gasteiger charge is -2.40. The van der Waals surface area contributed by atoms with Crippen molar-refractivity contribution in [3.8, 4) is 0 Å². The molecule has 1 aromatic carbocycles. The van der Waals surface area contributed by atoms with E-state index in [-0.39, 0.29) is 36.2 Å². The van der Waals surface area contributed by atoms with Crippen LogP contribution in [0.5, 0.6) is 0 Å². The highest BCUT2D eigenvalue weighted by Gasteiger charge is 2.35. The summed E-state index contributed by atoms with van der Waals surface area (Å²) in [6.07, 6.45) is 2.33. The first-order chi connectivity index (χ1) is 13.7. The topological polar surface area (TPSA) is 75.7 Å². The van der Waals surface area contributed by atoms with Gasteiger partial charge in [0.05, 0.1) is 6.42 Å². The summed E-state index contributed by atoms with van der Waals surface area (Å²) in [4.78, 5) is 39.8. The van der Waals surface area contributed by atoms with Crippen molar-refractivity contribution in [2.75, 3.05) is 0 Å². The van der Waals surface area contributed by atoms with Crippen molar-refractivity contribution in [1.82, 2.24) is 10.2 Å². The van der Waals surface area contributed by atoms with E-state index in [0.29, 0.717) is 0 Å². The number of likely N-dealkylation sites (tertiary alicyclic amines) is 1. The predicted octanol–water partition coefficient (Wildman–Crippen LogP) is 3.09. The second-order valence-electron chi connectivity index (χ2n) is 8.41. The Bertz CT molecular complexity index is 694. The number of hydrogen-bond donors (Lipinski definition) is 1. The summed E-state index contributed by atoms with van der Waals surface area (Å²) in [7, 11) is 0. The van der Waals surface area contributed by atoms with Crippen molar-refractivity contribution in [3.05, 3.63) is 35.9 Å². The quantitative estimate of drug-likeness (QED) is 0.711. The third-order valence-corrected chi connectivity index (χ3v) is 5.53. The van der Waals surface area contributed by atoms with E-state index < -0.39 is 18.1 Å². The van der Waals surface area contributed by atoms with Crippen LogP contribution >= 0.6 is 0 Å². The smallest absolute Gasteiger partial charge is 0.329 e. The molecule has 1 fully saturated rings. The lowest BCUT2D eigenvalue weighted by atomic mass is 9.97. The van der Waals surface area contributed by atoms with Crippen LogP contribution in [0.2, 0.25) is 0 Å². The average Bonchev–Trinajstić information content (AvgIpc) is 2.66. The fourth-order valence-corrected chi connectivity index (χ4v) is 3.87. The fourth-order valence-electron chi connectivity index (χ4n) is 3.87. The highest BCUT2D eigenvalue weighted by atomic mass is 16.5. The number of nitrogens with one attached hydrogen (secondary N) is 1. The largest absolute Gasteiger partial charge is 0.451 e. The van der Waals surface area contributed by atoms with E-state index in [1.807, 2.05) is 62.9 Å². The average molecular weight is 403 g/mol. The summed E-state index contributed by atoms with van der Waals surface area (Å²) >= 11 is 0. The van der Waals surface area contributed by atoms with Gasteiger partial charge in [0.15, 0.2) is 6.10 Å². The van der Waals surface area contributed by atoms with Gasteiger partial charge in [0.25, 0.3) is 5.91 Å². The molecule has 0 saturated carbocycles. The molecule has 0 spiro atoms. The van der Waals surface area contributed by atoms with Crippen molar-refractivity contribution in [3.63, 3.8) is 0 Å². The monoisotopic (exact) mass is 402 g/mol. The molecular formula is C23H34N2O4. The summed E-state index contributed by atoms with van der Waals surface area (Å²) in [5.41, 5.74) is 0.873. The van der Waals surface area contributed by atoms with Gasteiger partial charge in [-0.1, -0.05) is 44.2 Å². The van der Waals surface area contributed by atoms with Crippen LogP contribution in [0.1, 0.15) is 59.4 Å². The summed E-state index contributed by atoms with van der Waals surface area (Å²) in [5.74, 6) is -1.14. The summed E-state index contributed by atoms with van der Waals surface area (Å²) in [6, 6.07) is 8.83. The maximum atomic E-state index is 12.9. The Morgan fingerprint density at radius 2 is 1.66 bits per heavy atom. The van der Waals surface area contributed by atoms with Gasteiger partial charge in [-0.3, -0.25) is 9.59 Å². The van der Waals surface area contributed by atoms with Crippen molar-refractivity contribution in [2.45, 2.75) is 84.5 Å². The maximum Gasteiger partial charge on any atom is 0.329 e. The van der Waals surface area contributed by atoms with Gasteiger partial charge in [0.2, 0.25) is 5.91 Å². The first kappa shape index (κ1) is 22.9. The standard InChI is InChI=1S/C23H34N2O4/c1-15(2)21(24-20(26)14-19-12-7-6-8-13-19)23(28)29-18(5)22(27)25-16(3)10-9-11-17(25)4/h6-8,12-13,15-18,21H,9-11,14H2,1-5H3,(H,24,26)/t16-,17+,18-,21+/m1/s1. The van der Waals surface area contributed by atoms with Crippen LogP contribution in [0.25, 0.3) is 0 Å². The Kier molecular flexibility index (Phi) is 8.23. The Labute approximate surface area is 174 Å². The minimum absolute atomic E-state index is 0.138. The number of esters is 1. The molecule has 2 rings (SSSR count). The van der Waals surface area contributed by atoms with Crippen LogP contribution in [0.15, 0.2) is 30.3 Å². The van der Waals surface area contributed by atoms with Gasteiger partial charge in [0.1, 0.15) is 6.04 Å². The van der Waals surface area contributed by atoms with Gasteiger partial charge >= 0.3 is 5.97 Å². The van der Waals surface area contributed by atoms with E-state index in [1.54, 1.807) is 6.92 Å². The number of ether oxygens (including phenoxy) is 1. The minimum Gasteiger partial charge on any atom is -0.451 e. The minimum atomic E-state index is -0.877. The number of hydrogen-bond acceptors (Lipinski definition) is 4. The summed E-state index contributed by atoms with van der Waals surface area (Å²) in [6.45, 7) is 9.36. The normalized spacial score (nSPS) is 21.4. The predicted molar refractivity (Wildman–Crippen MR) is 112 cm³/mol. The molecule has 0 aliphatic carbocycles. The molecule has 0 bridgehead atoms. The Morgan fingerprint density at radius 1 is 1.07 bits per heavy atom. The maximum absolute atomic E-state index is 12.9. The molecule has 1 aliphatic rings. The SMILES string of the molecule is CC(C)[C@H](NC(=O)Cc1ccccc1)C(=O)O[C@H](C)C(=O)N1[C@H](C)CCC[C@@H]1C. The van der Waals surface area contributed by atoms with Gasteiger partial charge in [-0.05, 0) is 51.5 Å². The van der Waals surface area contributed by atoms with Crippen molar-refractivity contribution < 1.29 is 19.1 Å². The molecule has 0 unspecified atom stereocenters. The van der Waals surface area contributed by atoms with Gasteiger partial charge in [-0.25, -0.2) is 4.79 Å². The molecular weight excluding hydrogens is 368 g/mol. The van der Waals surface area contributed by atoms with Crippen molar-refractivity contribution in [2.24, 2.45) is 5.92 Å². The van der Waals surface area contributed by atoms with Crippen LogP contribution < -0.4 is 5.32 Å². The first-order valence-corrected chi connectivity index (χ1v) is 10.6. The number of nitrogens with zero attached hydrogens (tertiary/aromatic N) is 1. The van der Waals surface area contributed by atoms with E-state index in [4.69, 9.17) is 4.74 Å². The molecule has 6 nitrogen and oxygen atoms in total. The Hall–Kier alpha value is -2.37. The number of piperidine rings is 1. The van der Waals surface area contributed by atoms with E-state index in [1.165, 1.54) is 0 Å². The van der Waals surface area contributed by atoms with Crippen LogP contribution in [0.3, 0.4) is 0 Å². The van der Waals surface area contributed by atoms with Gasteiger partial charge in [-0.2, -0.15) is 0 Å². The van der Waals surface area contributed by atoms with Crippen LogP contribution in [-0.2, 0) is 25.5 Å². The van der Waals surface area contributed by atoms with Gasteiger partial charge in [-0.15, -0.1) is 0 Å². The third kappa shape index (κ3) is 6.31. The zero-order chi connectivity index (χ0) is 21.6. The highest BCUT2D eigenvalue weighted by Crippen LogP contribution is 2.24. The van der Waals surface area contributed by atoms with Crippen molar-refractivity contribution in [1.29, 1.82) is 0 Å². The molecule has 1 aromatic rings. The van der Waals surface area contributed by atoms with Gasteiger partial charge < -0.3 is 15.0 Å². The van der Waals surface area contributed by atoms with E-state index in [2.05, 4.69) is 5.32 Å². The van der Waals surface area contributed by atoms with Crippen molar-refractivity contribution >= 4 is 17.8 Å². The van der Waals surface area contributed by atoms with Crippen LogP contribution in [0, 0.1) is 5.92 Å². The summed E-state index contributed by atoms with van der Waals surface area (Å²) < 4.78 is 5.49. The van der Waals surface area contributed by atoms with E-state index >= 15 is 0 Å². The third-order valence-electron chi connectivity index (χ3n) is 5.53. The molecule has 4 atom stereocenters. The fraction of sp³-hybridized carbons (Fsp3) is 0.609. The zero-order valence-electron chi connectivity index (χ0n) is 18.2. The second-order valence-corrected chi connectivity index (χ2v) is 8.41. The highest BCUT2D eigenvalue weighted by molar-refractivity contribution is 5.88. The molecule has 2 amide bonds. The van der Waals surface area contributed by atoms with Crippen LogP contribution in [0.4, 0.5) is 0 Å².